The molecule has 5 heteroatoms. The highest BCUT2D eigenvalue weighted by Gasteiger charge is 2.37. The third kappa shape index (κ3) is 3.79. The van der Waals surface area contributed by atoms with Crippen molar-refractivity contribution in [2.24, 2.45) is 11.7 Å². The first-order chi connectivity index (χ1) is 9.38. The summed E-state index contributed by atoms with van der Waals surface area (Å²) in [4.78, 5) is 12.3. The zero-order chi connectivity index (χ0) is 14.8. The second kappa shape index (κ2) is 6.22. The summed E-state index contributed by atoms with van der Waals surface area (Å²) in [5.74, 6) is -0.506. The summed E-state index contributed by atoms with van der Waals surface area (Å²) in [6.07, 6.45) is 3.81. The van der Waals surface area contributed by atoms with E-state index in [0.29, 0.717) is 11.0 Å². The fourth-order valence-corrected chi connectivity index (χ4v) is 3.33. The second-order valence-corrected chi connectivity index (χ2v) is 6.72. The summed E-state index contributed by atoms with van der Waals surface area (Å²) in [7, 11) is 0. The largest absolute Gasteiger partial charge is 0.352 e. The quantitative estimate of drug-likeness (QED) is 0.886. The smallest absolute Gasteiger partial charge is 0.225 e. The van der Waals surface area contributed by atoms with E-state index in [1.165, 1.54) is 12.1 Å². The molecule has 110 valence electrons. The molecule has 2 atom stereocenters. The van der Waals surface area contributed by atoms with Crippen LogP contribution in [-0.2, 0) is 11.3 Å². The normalized spacial score (nSPS) is 26.3. The van der Waals surface area contributed by atoms with Crippen molar-refractivity contribution in [2.45, 2.75) is 44.7 Å². The van der Waals surface area contributed by atoms with Crippen LogP contribution in [0.15, 0.2) is 22.7 Å². The monoisotopic (exact) mass is 342 g/mol. The summed E-state index contributed by atoms with van der Waals surface area (Å²) in [6.45, 7) is 2.26. The maximum atomic E-state index is 13.3. The summed E-state index contributed by atoms with van der Waals surface area (Å²) >= 11 is 3.24. The van der Waals surface area contributed by atoms with Crippen LogP contribution in [0.5, 0.6) is 0 Å². The zero-order valence-corrected chi connectivity index (χ0v) is 13.2. The molecule has 0 aromatic heterocycles. The van der Waals surface area contributed by atoms with E-state index in [2.05, 4.69) is 21.2 Å². The van der Waals surface area contributed by atoms with E-state index in [1.54, 1.807) is 6.07 Å². The molecule has 1 aromatic carbocycles. The highest BCUT2D eigenvalue weighted by Crippen LogP contribution is 2.31. The van der Waals surface area contributed by atoms with Gasteiger partial charge in [0.15, 0.2) is 0 Å². The van der Waals surface area contributed by atoms with E-state index >= 15 is 0 Å². The number of halogens is 2. The van der Waals surface area contributed by atoms with Crippen molar-refractivity contribution in [2.75, 3.05) is 0 Å². The minimum absolute atomic E-state index is 0.0323. The first-order valence-corrected chi connectivity index (χ1v) is 7.69. The number of benzene rings is 1. The van der Waals surface area contributed by atoms with Gasteiger partial charge in [0, 0.05) is 16.6 Å². The Morgan fingerprint density at radius 2 is 2.25 bits per heavy atom. The lowest BCUT2D eigenvalue weighted by Gasteiger charge is -2.37. The van der Waals surface area contributed by atoms with Gasteiger partial charge < -0.3 is 11.1 Å². The molecule has 1 amide bonds. The van der Waals surface area contributed by atoms with Gasteiger partial charge in [0.2, 0.25) is 5.91 Å². The standard InChI is InChI=1S/C15H20BrFN2O/c1-15(18)5-3-2-4-13(15)14(20)19-9-10-6-11(16)8-12(17)7-10/h6-8,13H,2-5,9,18H2,1H3,(H,19,20). The zero-order valence-electron chi connectivity index (χ0n) is 11.6. The van der Waals surface area contributed by atoms with Gasteiger partial charge in [-0.15, -0.1) is 0 Å². The molecule has 1 saturated carbocycles. The van der Waals surface area contributed by atoms with Crippen LogP contribution in [0.4, 0.5) is 4.39 Å². The average molecular weight is 343 g/mol. The third-order valence-corrected chi connectivity index (χ3v) is 4.42. The molecule has 1 fully saturated rings. The lowest BCUT2D eigenvalue weighted by molar-refractivity contribution is -0.128. The summed E-state index contributed by atoms with van der Waals surface area (Å²) in [6, 6.07) is 4.61. The maximum absolute atomic E-state index is 13.3. The van der Waals surface area contributed by atoms with Crippen LogP contribution in [-0.4, -0.2) is 11.4 Å². The van der Waals surface area contributed by atoms with Crippen molar-refractivity contribution >= 4 is 21.8 Å². The van der Waals surface area contributed by atoms with Gasteiger partial charge in [-0.3, -0.25) is 4.79 Å². The molecule has 3 nitrogen and oxygen atoms in total. The van der Waals surface area contributed by atoms with Crippen LogP contribution >= 0.6 is 15.9 Å². The highest BCUT2D eigenvalue weighted by molar-refractivity contribution is 9.10. The third-order valence-electron chi connectivity index (χ3n) is 3.96. The molecule has 0 aliphatic heterocycles. The minimum Gasteiger partial charge on any atom is -0.352 e. The van der Waals surface area contributed by atoms with Gasteiger partial charge in [-0.05, 0) is 43.5 Å². The van der Waals surface area contributed by atoms with Crippen molar-refractivity contribution in [3.05, 3.63) is 34.1 Å². The van der Waals surface area contributed by atoms with Gasteiger partial charge >= 0.3 is 0 Å². The fourth-order valence-electron chi connectivity index (χ4n) is 2.81. The van der Waals surface area contributed by atoms with Gasteiger partial charge in [-0.25, -0.2) is 4.39 Å². The topological polar surface area (TPSA) is 55.1 Å². The van der Waals surface area contributed by atoms with Gasteiger partial charge in [0.05, 0.1) is 5.92 Å². The van der Waals surface area contributed by atoms with Crippen molar-refractivity contribution in [3.8, 4) is 0 Å². The van der Waals surface area contributed by atoms with E-state index in [9.17, 15) is 9.18 Å². The number of amides is 1. The highest BCUT2D eigenvalue weighted by atomic mass is 79.9. The van der Waals surface area contributed by atoms with Crippen LogP contribution in [0.2, 0.25) is 0 Å². The molecule has 0 saturated heterocycles. The van der Waals surface area contributed by atoms with Crippen LogP contribution in [0, 0.1) is 11.7 Å². The number of nitrogens with one attached hydrogen (secondary N) is 1. The molecule has 1 aliphatic rings. The predicted molar refractivity (Wildman–Crippen MR) is 80.5 cm³/mol. The minimum atomic E-state index is -0.440. The van der Waals surface area contributed by atoms with Crippen LogP contribution in [0.25, 0.3) is 0 Å². The lowest BCUT2D eigenvalue weighted by Crippen LogP contribution is -2.52. The number of carbonyl (C=O) groups excluding carboxylic acids is 1. The first kappa shape index (κ1) is 15.4. The Kier molecular flexibility index (Phi) is 4.81. The SMILES string of the molecule is CC1(N)CCCCC1C(=O)NCc1cc(F)cc(Br)c1. The number of carbonyl (C=O) groups is 1. The number of rotatable bonds is 3. The van der Waals surface area contributed by atoms with Crippen molar-refractivity contribution in [1.82, 2.24) is 5.32 Å². The number of hydrogen-bond acceptors (Lipinski definition) is 2. The molecule has 0 radical (unpaired) electrons. The van der Waals surface area contributed by atoms with E-state index in [-0.39, 0.29) is 17.6 Å². The summed E-state index contributed by atoms with van der Waals surface area (Å²) in [5, 5.41) is 2.87. The van der Waals surface area contributed by atoms with Gasteiger partial charge in [-0.2, -0.15) is 0 Å². The molecular weight excluding hydrogens is 323 g/mol. The van der Waals surface area contributed by atoms with Crippen molar-refractivity contribution in [1.29, 1.82) is 0 Å². The van der Waals surface area contributed by atoms with E-state index in [1.807, 2.05) is 6.92 Å². The van der Waals surface area contributed by atoms with E-state index < -0.39 is 5.54 Å². The fraction of sp³-hybridized carbons (Fsp3) is 0.533. The predicted octanol–water partition coefficient (Wildman–Crippen LogP) is 3.11. The molecular formula is C15H20BrFN2O. The second-order valence-electron chi connectivity index (χ2n) is 5.80. The molecule has 0 bridgehead atoms. The van der Waals surface area contributed by atoms with Crippen LogP contribution in [0.3, 0.4) is 0 Å². The average Bonchev–Trinajstić information content (AvgIpc) is 2.34. The Labute approximate surface area is 127 Å². The van der Waals surface area contributed by atoms with Crippen LogP contribution in [0.1, 0.15) is 38.2 Å². The molecule has 0 spiro atoms. The van der Waals surface area contributed by atoms with Gasteiger partial charge in [0.25, 0.3) is 0 Å². The lowest BCUT2D eigenvalue weighted by atomic mass is 9.74. The Bertz CT molecular complexity index is 484. The number of nitrogens with two attached hydrogens (primary N) is 1. The Hall–Kier alpha value is -0.940. The van der Waals surface area contributed by atoms with Gasteiger partial charge in [-0.1, -0.05) is 28.8 Å². The van der Waals surface area contributed by atoms with E-state index in [4.69, 9.17) is 5.73 Å². The maximum Gasteiger partial charge on any atom is 0.225 e. The van der Waals surface area contributed by atoms with Crippen molar-refractivity contribution < 1.29 is 9.18 Å². The Balaban J connectivity index is 1.97. The molecule has 3 N–H and O–H groups in total. The Morgan fingerprint density at radius 1 is 1.50 bits per heavy atom. The summed E-state index contributed by atoms with van der Waals surface area (Å²) in [5.41, 5.74) is 6.51. The molecule has 1 aromatic rings. The molecule has 2 unspecified atom stereocenters. The summed E-state index contributed by atoms with van der Waals surface area (Å²) < 4.78 is 13.9. The Morgan fingerprint density at radius 3 is 2.90 bits per heavy atom. The van der Waals surface area contributed by atoms with E-state index in [0.717, 1.165) is 31.2 Å². The first-order valence-electron chi connectivity index (χ1n) is 6.90. The van der Waals surface area contributed by atoms with Gasteiger partial charge in [0.1, 0.15) is 5.82 Å². The van der Waals surface area contributed by atoms with Crippen molar-refractivity contribution in [3.63, 3.8) is 0 Å². The molecule has 0 heterocycles. The molecule has 20 heavy (non-hydrogen) atoms. The molecule has 2 rings (SSSR count). The number of hydrogen-bond donors (Lipinski definition) is 2. The molecule has 1 aliphatic carbocycles. The van der Waals surface area contributed by atoms with Crippen LogP contribution < -0.4 is 11.1 Å².